The lowest BCUT2D eigenvalue weighted by atomic mass is 10.0. The van der Waals surface area contributed by atoms with Gasteiger partial charge in [-0.3, -0.25) is 0 Å². The van der Waals surface area contributed by atoms with Crippen LogP contribution in [-0.2, 0) is 4.74 Å². The van der Waals surface area contributed by atoms with Gasteiger partial charge in [0.15, 0.2) is 0 Å². The Morgan fingerprint density at radius 2 is 2.00 bits per heavy atom. The van der Waals surface area contributed by atoms with Crippen LogP contribution in [0.15, 0.2) is 34.9 Å². The number of rotatable bonds is 3. The molecular weight excluding hydrogens is 292 g/mol. The van der Waals surface area contributed by atoms with E-state index >= 15 is 0 Å². The molecule has 1 aliphatic rings. The minimum absolute atomic E-state index is 0.393. The average molecular weight is 308 g/mol. The van der Waals surface area contributed by atoms with Crippen molar-refractivity contribution in [2.45, 2.75) is 25.7 Å². The van der Waals surface area contributed by atoms with E-state index in [0.717, 1.165) is 29.7 Å². The summed E-state index contributed by atoms with van der Waals surface area (Å²) in [5.74, 6) is 0.0200. The van der Waals surface area contributed by atoms with Crippen LogP contribution in [0.3, 0.4) is 0 Å². The molecule has 0 amide bonds. The van der Waals surface area contributed by atoms with Crippen LogP contribution in [0.5, 0.6) is 0 Å². The van der Waals surface area contributed by atoms with Crippen molar-refractivity contribution in [2.75, 3.05) is 7.11 Å². The Kier molecular flexibility index (Phi) is 3.15. The average Bonchev–Trinajstić information content (AvgIpc) is 3.34. The van der Waals surface area contributed by atoms with Gasteiger partial charge in [0.1, 0.15) is 5.69 Å². The van der Waals surface area contributed by atoms with Crippen molar-refractivity contribution in [3.63, 3.8) is 0 Å². The first-order valence-electron chi connectivity index (χ1n) is 7.63. The van der Waals surface area contributed by atoms with Gasteiger partial charge in [-0.1, -0.05) is 35.0 Å². The molecule has 4 rings (SSSR count). The lowest BCUT2D eigenvalue weighted by Gasteiger charge is -2.05. The van der Waals surface area contributed by atoms with Crippen LogP contribution in [0.4, 0.5) is 0 Å². The van der Waals surface area contributed by atoms with Gasteiger partial charge < -0.3 is 9.26 Å². The molecule has 2 heterocycles. The second-order valence-electron chi connectivity index (χ2n) is 5.94. The van der Waals surface area contributed by atoms with E-state index in [1.165, 1.54) is 7.11 Å². The molecule has 116 valence electrons. The van der Waals surface area contributed by atoms with Gasteiger partial charge in [-0.25, -0.2) is 9.78 Å². The Morgan fingerprint density at radius 3 is 2.65 bits per heavy atom. The number of ether oxygens (including phenoxy) is 1. The summed E-state index contributed by atoms with van der Waals surface area (Å²) in [7, 11) is 1.38. The van der Waals surface area contributed by atoms with Crippen molar-refractivity contribution in [2.24, 2.45) is 0 Å². The summed E-state index contributed by atoms with van der Waals surface area (Å²) in [6.07, 6.45) is 2.19. The Morgan fingerprint density at radius 1 is 1.26 bits per heavy atom. The largest absolute Gasteiger partial charge is 0.465 e. The first kappa shape index (κ1) is 13.9. The summed E-state index contributed by atoms with van der Waals surface area (Å²) < 4.78 is 10.4. The maximum Gasteiger partial charge on any atom is 0.338 e. The van der Waals surface area contributed by atoms with Gasteiger partial charge in [0.25, 0.3) is 5.71 Å². The number of carbonyl (C=O) groups excluding carboxylic acids is 1. The molecule has 5 heteroatoms. The molecule has 0 aliphatic heterocycles. The number of esters is 1. The molecule has 0 atom stereocenters. The maximum atomic E-state index is 12.2. The van der Waals surface area contributed by atoms with Crippen LogP contribution in [0.1, 0.15) is 40.4 Å². The standard InChI is InChI=1S/C18H16N2O3/c1-10-3-5-12(6-4-10)16-15-13(18(21)22-2)9-14(11-7-8-11)19-17(15)23-20-16/h3-6,9,11H,7-8H2,1-2H3. The summed E-state index contributed by atoms with van der Waals surface area (Å²) in [5.41, 5.74) is 4.41. The van der Waals surface area contributed by atoms with Crippen LogP contribution < -0.4 is 0 Å². The molecule has 1 saturated carbocycles. The molecule has 0 unspecified atom stereocenters. The van der Waals surface area contributed by atoms with Crippen LogP contribution in [-0.4, -0.2) is 23.2 Å². The van der Waals surface area contributed by atoms with Gasteiger partial charge in [-0.05, 0) is 25.8 Å². The van der Waals surface area contributed by atoms with E-state index in [2.05, 4.69) is 10.1 Å². The predicted octanol–water partition coefficient (Wildman–Crippen LogP) is 3.86. The Hall–Kier alpha value is -2.69. The van der Waals surface area contributed by atoms with E-state index in [0.29, 0.717) is 28.3 Å². The van der Waals surface area contributed by atoms with Crippen molar-refractivity contribution in [3.8, 4) is 11.3 Å². The lowest BCUT2D eigenvalue weighted by Crippen LogP contribution is -2.04. The summed E-state index contributed by atoms with van der Waals surface area (Å²) >= 11 is 0. The van der Waals surface area contributed by atoms with Gasteiger partial charge in [-0.15, -0.1) is 0 Å². The smallest absolute Gasteiger partial charge is 0.338 e. The van der Waals surface area contributed by atoms with E-state index in [9.17, 15) is 4.79 Å². The fourth-order valence-corrected chi connectivity index (χ4v) is 2.74. The highest BCUT2D eigenvalue weighted by Crippen LogP contribution is 2.41. The third-order valence-corrected chi connectivity index (χ3v) is 4.19. The van der Waals surface area contributed by atoms with Gasteiger partial charge in [0.2, 0.25) is 0 Å². The molecule has 0 saturated heterocycles. The van der Waals surface area contributed by atoms with Crippen LogP contribution in [0.2, 0.25) is 0 Å². The van der Waals surface area contributed by atoms with Gasteiger partial charge in [0, 0.05) is 17.2 Å². The fraction of sp³-hybridized carbons (Fsp3) is 0.278. The van der Waals surface area contributed by atoms with Crippen molar-refractivity contribution in [3.05, 3.63) is 47.2 Å². The first-order valence-corrected chi connectivity index (χ1v) is 7.63. The number of nitrogens with zero attached hydrogens (tertiary/aromatic N) is 2. The van der Waals surface area contributed by atoms with E-state index in [-0.39, 0.29) is 0 Å². The van der Waals surface area contributed by atoms with E-state index in [1.54, 1.807) is 0 Å². The topological polar surface area (TPSA) is 65.2 Å². The molecule has 3 aromatic rings. The molecule has 0 N–H and O–H groups in total. The first-order chi connectivity index (χ1) is 11.2. The molecule has 5 nitrogen and oxygen atoms in total. The number of benzene rings is 1. The fourth-order valence-electron chi connectivity index (χ4n) is 2.74. The molecule has 1 fully saturated rings. The van der Waals surface area contributed by atoms with Crippen molar-refractivity contribution in [1.29, 1.82) is 0 Å². The Balaban J connectivity index is 1.95. The number of methoxy groups -OCH3 is 1. The summed E-state index contributed by atoms with van der Waals surface area (Å²) in [6, 6.07) is 9.74. The van der Waals surface area contributed by atoms with E-state index in [4.69, 9.17) is 9.26 Å². The molecule has 0 spiro atoms. The Bertz CT molecular complexity index is 893. The number of carbonyl (C=O) groups is 1. The number of pyridine rings is 1. The zero-order chi connectivity index (χ0) is 16.0. The second kappa shape index (κ2) is 5.19. The second-order valence-corrected chi connectivity index (χ2v) is 5.94. The maximum absolute atomic E-state index is 12.2. The van der Waals surface area contributed by atoms with Crippen LogP contribution in [0, 0.1) is 6.92 Å². The number of hydrogen-bond donors (Lipinski definition) is 0. The number of hydrogen-bond acceptors (Lipinski definition) is 5. The lowest BCUT2D eigenvalue weighted by molar-refractivity contribution is 0.0602. The van der Waals surface area contributed by atoms with E-state index in [1.807, 2.05) is 37.3 Å². The number of fused-ring (bicyclic) bond motifs is 1. The molecule has 0 radical (unpaired) electrons. The molecule has 1 aromatic carbocycles. The third kappa shape index (κ3) is 2.38. The molecule has 23 heavy (non-hydrogen) atoms. The van der Waals surface area contributed by atoms with Gasteiger partial charge in [-0.2, -0.15) is 0 Å². The highest BCUT2D eigenvalue weighted by atomic mass is 16.5. The van der Waals surface area contributed by atoms with Gasteiger partial charge in [0.05, 0.1) is 18.1 Å². The molecule has 0 bridgehead atoms. The van der Waals surface area contributed by atoms with Crippen molar-refractivity contribution in [1.82, 2.24) is 10.1 Å². The van der Waals surface area contributed by atoms with Crippen LogP contribution >= 0.6 is 0 Å². The predicted molar refractivity (Wildman–Crippen MR) is 85.3 cm³/mol. The number of aryl methyl sites for hydroxylation is 1. The normalized spacial score (nSPS) is 14.2. The zero-order valence-electron chi connectivity index (χ0n) is 13.0. The summed E-state index contributed by atoms with van der Waals surface area (Å²) in [6.45, 7) is 2.02. The summed E-state index contributed by atoms with van der Waals surface area (Å²) in [4.78, 5) is 16.8. The highest BCUT2D eigenvalue weighted by Gasteiger charge is 2.29. The number of aromatic nitrogens is 2. The van der Waals surface area contributed by atoms with Crippen molar-refractivity contribution >= 4 is 17.1 Å². The van der Waals surface area contributed by atoms with Crippen LogP contribution in [0.25, 0.3) is 22.4 Å². The monoisotopic (exact) mass is 308 g/mol. The molecular formula is C18H16N2O3. The SMILES string of the molecule is COC(=O)c1cc(C2CC2)nc2onc(-c3ccc(C)cc3)c12. The molecule has 2 aromatic heterocycles. The van der Waals surface area contributed by atoms with Crippen molar-refractivity contribution < 1.29 is 14.1 Å². The summed E-state index contributed by atoms with van der Waals surface area (Å²) in [5, 5.41) is 4.76. The minimum atomic E-state index is -0.393. The minimum Gasteiger partial charge on any atom is -0.465 e. The third-order valence-electron chi connectivity index (χ3n) is 4.19. The quantitative estimate of drug-likeness (QED) is 0.687. The molecule has 1 aliphatic carbocycles. The Labute approximate surface area is 133 Å². The zero-order valence-corrected chi connectivity index (χ0v) is 13.0. The van der Waals surface area contributed by atoms with E-state index < -0.39 is 5.97 Å². The highest BCUT2D eigenvalue weighted by molar-refractivity contribution is 6.07. The van der Waals surface area contributed by atoms with Gasteiger partial charge >= 0.3 is 5.97 Å².